The van der Waals surface area contributed by atoms with Crippen LogP contribution in [-0.4, -0.2) is 32.1 Å². The summed E-state index contributed by atoms with van der Waals surface area (Å²) in [4.78, 5) is 0. The number of hydrogen-bond acceptors (Lipinski definition) is 2. The first-order valence-electron chi connectivity index (χ1n) is 5.01. The Kier molecular flexibility index (Phi) is 8.24. The SMILES string of the molecule is CC.FC(F)CNC1CCNCC1.[HH]. The molecule has 82 valence electrons. The summed E-state index contributed by atoms with van der Waals surface area (Å²) in [6.45, 7) is 5.73. The van der Waals surface area contributed by atoms with Crippen molar-refractivity contribution in [1.82, 2.24) is 10.6 Å². The van der Waals surface area contributed by atoms with Crippen LogP contribution in [-0.2, 0) is 0 Å². The van der Waals surface area contributed by atoms with Crippen molar-refractivity contribution in [3.63, 3.8) is 0 Å². The van der Waals surface area contributed by atoms with E-state index in [1.165, 1.54) is 0 Å². The number of hydrogen-bond donors (Lipinski definition) is 2. The standard InChI is InChI=1S/C7H14F2N2.C2H6.H2/c8-7(9)5-11-6-1-3-10-4-2-6;1-2;/h6-7,10-11H,1-5H2;1-2H3;1H. The Morgan fingerprint density at radius 3 is 2.38 bits per heavy atom. The summed E-state index contributed by atoms with van der Waals surface area (Å²) in [5, 5.41) is 6.01. The molecule has 13 heavy (non-hydrogen) atoms. The zero-order valence-corrected chi connectivity index (χ0v) is 8.45. The number of nitrogens with one attached hydrogen (secondary N) is 2. The first-order chi connectivity index (χ1) is 6.29. The normalized spacial score (nSPS) is 18.2. The molecule has 0 unspecified atom stereocenters. The second kappa shape index (κ2) is 8.38. The largest absolute Gasteiger partial charge is 0.317 e. The van der Waals surface area contributed by atoms with Crippen LogP contribution in [0.15, 0.2) is 0 Å². The fraction of sp³-hybridized carbons (Fsp3) is 1.00. The van der Waals surface area contributed by atoms with Crippen LogP contribution in [0.4, 0.5) is 8.78 Å². The van der Waals surface area contributed by atoms with Crippen LogP contribution < -0.4 is 10.6 Å². The van der Waals surface area contributed by atoms with Crippen LogP contribution in [0.3, 0.4) is 0 Å². The molecule has 1 saturated heterocycles. The molecule has 0 spiro atoms. The van der Waals surface area contributed by atoms with E-state index in [0.717, 1.165) is 25.9 Å². The lowest BCUT2D eigenvalue weighted by molar-refractivity contribution is 0.138. The lowest BCUT2D eigenvalue weighted by Crippen LogP contribution is -2.41. The monoisotopic (exact) mass is 196 g/mol. The van der Waals surface area contributed by atoms with E-state index >= 15 is 0 Å². The van der Waals surface area contributed by atoms with E-state index in [2.05, 4.69) is 10.6 Å². The van der Waals surface area contributed by atoms with Gasteiger partial charge in [0.2, 0.25) is 0 Å². The van der Waals surface area contributed by atoms with Crippen molar-refractivity contribution in [2.45, 2.75) is 39.2 Å². The van der Waals surface area contributed by atoms with Gasteiger partial charge in [-0.15, -0.1) is 0 Å². The Bertz CT molecular complexity index is 109. The van der Waals surface area contributed by atoms with Gasteiger partial charge >= 0.3 is 0 Å². The Balaban J connectivity index is 0. The van der Waals surface area contributed by atoms with E-state index in [1.807, 2.05) is 13.8 Å². The minimum absolute atomic E-state index is 0. The molecule has 0 aromatic rings. The molecule has 0 bridgehead atoms. The van der Waals surface area contributed by atoms with Gasteiger partial charge in [-0.1, -0.05) is 13.8 Å². The van der Waals surface area contributed by atoms with Crippen molar-refractivity contribution in [3.8, 4) is 0 Å². The van der Waals surface area contributed by atoms with Crippen LogP contribution in [0.2, 0.25) is 0 Å². The van der Waals surface area contributed by atoms with Crippen LogP contribution in [0.5, 0.6) is 0 Å². The maximum Gasteiger partial charge on any atom is 0.250 e. The Morgan fingerprint density at radius 1 is 1.38 bits per heavy atom. The van der Waals surface area contributed by atoms with Crippen molar-refractivity contribution >= 4 is 0 Å². The summed E-state index contributed by atoms with van der Waals surface area (Å²) in [6, 6.07) is 0.297. The molecule has 1 rings (SSSR count). The maximum absolute atomic E-state index is 11.7. The van der Waals surface area contributed by atoms with E-state index in [-0.39, 0.29) is 7.97 Å². The summed E-state index contributed by atoms with van der Waals surface area (Å²) in [6.07, 6.45) is -0.288. The molecule has 0 saturated carbocycles. The molecule has 0 aromatic carbocycles. The van der Waals surface area contributed by atoms with Gasteiger partial charge in [0.25, 0.3) is 6.43 Å². The molecular formula is C9H22F2N2. The van der Waals surface area contributed by atoms with Crippen molar-refractivity contribution < 1.29 is 10.2 Å². The van der Waals surface area contributed by atoms with Crippen LogP contribution in [0, 0.1) is 0 Å². The van der Waals surface area contributed by atoms with Gasteiger partial charge in [0.05, 0.1) is 6.54 Å². The Morgan fingerprint density at radius 2 is 1.92 bits per heavy atom. The van der Waals surface area contributed by atoms with E-state index in [4.69, 9.17) is 0 Å². The lowest BCUT2D eigenvalue weighted by Gasteiger charge is -2.23. The second-order valence-corrected chi connectivity index (χ2v) is 2.82. The van der Waals surface area contributed by atoms with Crippen LogP contribution >= 0.6 is 0 Å². The average molecular weight is 196 g/mol. The van der Waals surface area contributed by atoms with Gasteiger partial charge < -0.3 is 10.6 Å². The summed E-state index contributed by atoms with van der Waals surface area (Å²) in [5.41, 5.74) is 0. The van der Waals surface area contributed by atoms with Gasteiger partial charge in [0.1, 0.15) is 0 Å². The highest BCUT2D eigenvalue weighted by Gasteiger charge is 2.13. The topological polar surface area (TPSA) is 24.1 Å². The Hall–Kier alpha value is -0.220. The fourth-order valence-electron chi connectivity index (χ4n) is 1.28. The van der Waals surface area contributed by atoms with E-state index in [9.17, 15) is 8.78 Å². The second-order valence-electron chi connectivity index (χ2n) is 2.82. The van der Waals surface area contributed by atoms with Crippen LogP contribution in [0.25, 0.3) is 0 Å². The number of alkyl halides is 2. The molecule has 0 atom stereocenters. The van der Waals surface area contributed by atoms with Crippen molar-refractivity contribution in [3.05, 3.63) is 0 Å². The van der Waals surface area contributed by atoms with Crippen molar-refractivity contribution in [1.29, 1.82) is 0 Å². The van der Waals surface area contributed by atoms with Gasteiger partial charge in [0, 0.05) is 7.47 Å². The molecule has 0 radical (unpaired) electrons. The maximum atomic E-state index is 11.7. The van der Waals surface area contributed by atoms with Gasteiger partial charge in [-0.3, -0.25) is 0 Å². The minimum Gasteiger partial charge on any atom is -0.317 e. The third-order valence-electron chi connectivity index (χ3n) is 1.90. The van der Waals surface area contributed by atoms with Gasteiger partial charge in [0.15, 0.2) is 0 Å². The molecule has 2 nitrogen and oxygen atoms in total. The highest BCUT2D eigenvalue weighted by Crippen LogP contribution is 2.02. The van der Waals surface area contributed by atoms with E-state index in [0.29, 0.717) is 6.04 Å². The third-order valence-corrected chi connectivity index (χ3v) is 1.90. The summed E-state index contributed by atoms with van der Waals surface area (Å²) < 4.78 is 23.4. The predicted octanol–water partition coefficient (Wildman–Crippen LogP) is 1.87. The zero-order valence-electron chi connectivity index (χ0n) is 8.45. The highest BCUT2D eigenvalue weighted by atomic mass is 19.3. The average Bonchev–Trinajstić information content (AvgIpc) is 2.19. The number of halogens is 2. The minimum atomic E-state index is -2.22. The van der Waals surface area contributed by atoms with Gasteiger partial charge in [-0.05, 0) is 25.9 Å². The fourth-order valence-corrected chi connectivity index (χ4v) is 1.28. The summed E-state index contributed by atoms with van der Waals surface area (Å²) in [7, 11) is 0. The van der Waals surface area contributed by atoms with Gasteiger partial charge in [-0.25, -0.2) is 8.78 Å². The highest BCUT2D eigenvalue weighted by molar-refractivity contribution is 4.74. The molecule has 1 aliphatic rings. The predicted molar refractivity (Wildman–Crippen MR) is 53.4 cm³/mol. The molecule has 1 fully saturated rings. The number of piperidine rings is 1. The molecule has 0 aliphatic carbocycles. The molecule has 1 aliphatic heterocycles. The smallest absolute Gasteiger partial charge is 0.250 e. The van der Waals surface area contributed by atoms with Crippen molar-refractivity contribution in [2.24, 2.45) is 0 Å². The summed E-state index contributed by atoms with van der Waals surface area (Å²) >= 11 is 0. The first kappa shape index (κ1) is 12.8. The zero-order chi connectivity index (χ0) is 10.1. The number of rotatable bonds is 3. The van der Waals surface area contributed by atoms with E-state index < -0.39 is 6.43 Å². The molecule has 4 heteroatoms. The van der Waals surface area contributed by atoms with Crippen molar-refractivity contribution in [2.75, 3.05) is 19.6 Å². The molecular weight excluding hydrogens is 174 g/mol. The van der Waals surface area contributed by atoms with E-state index in [1.54, 1.807) is 0 Å². The molecule has 1 heterocycles. The molecule has 0 aromatic heterocycles. The quantitative estimate of drug-likeness (QED) is 0.720. The van der Waals surface area contributed by atoms with Crippen LogP contribution in [0.1, 0.15) is 28.1 Å². The first-order valence-corrected chi connectivity index (χ1v) is 5.01. The Labute approximate surface area is 80.6 Å². The third kappa shape index (κ3) is 6.90. The molecule has 2 N–H and O–H groups in total. The molecule has 0 amide bonds. The lowest BCUT2D eigenvalue weighted by atomic mass is 10.1. The summed E-state index contributed by atoms with van der Waals surface area (Å²) in [5.74, 6) is 0. The van der Waals surface area contributed by atoms with Gasteiger partial charge in [-0.2, -0.15) is 0 Å².